The van der Waals surface area contributed by atoms with Gasteiger partial charge in [-0.1, -0.05) is 18.2 Å². The lowest BCUT2D eigenvalue weighted by Crippen LogP contribution is -2.01. The Morgan fingerprint density at radius 2 is 1.96 bits per heavy atom. The van der Waals surface area contributed by atoms with E-state index in [4.69, 9.17) is 5.11 Å². The SMILES string of the molecule is C/C(=C\c1cnc(C(=O)O)cn1)c1ccc2c(c1)C1CCC2C1. The fourth-order valence-electron chi connectivity index (χ4n) is 3.92. The third-order valence-electron chi connectivity index (χ3n) is 5.11. The van der Waals surface area contributed by atoms with Gasteiger partial charge in [0.25, 0.3) is 0 Å². The summed E-state index contributed by atoms with van der Waals surface area (Å²) in [5, 5.41) is 8.86. The van der Waals surface area contributed by atoms with Crippen LogP contribution in [0.3, 0.4) is 0 Å². The molecule has 4 heteroatoms. The molecule has 1 saturated carbocycles. The molecule has 1 aromatic heterocycles. The Hall–Kier alpha value is -2.49. The second-order valence-corrected chi connectivity index (χ2v) is 6.51. The Kier molecular flexibility index (Phi) is 3.26. The Morgan fingerprint density at radius 3 is 2.65 bits per heavy atom. The van der Waals surface area contributed by atoms with Gasteiger partial charge in [-0.15, -0.1) is 0 Å². The molecular formula is C19H18N2O2. The number of aromatic carboxylic acids is 1. The van der Waals surface area contributed by atoms with Crippen LogP contribution in [0.15, 0.2) is 30.6 Å². The van der Waals surface area contributed by atoms with Gasteiger partial charge in [-0.2, -0.15) is 0 Å². The predicted molar refractivity (Wildman–Crippen MR) is 88.3 cm³/mol. The summed E-state index contributed by atoms with van der Waals surface area (Å²) >= 11 is 0. The van der Waals surface area contributed by atoms with Crippen LogP contribution in [-0.4, -0.2) is 21.0 Å². The lowest BCUT2D eigenvalue weighted by molar-refractivity contribution is 0.0690. The van der Waals surface area contributed by atoms with Crippen LogP contribution < -0.4 is 0 Å². The molecule has 2 unspecified atom stereocenters. The van der Waals surface area contributed by atoms with Crippen LogP contribution in [0.4, 0.5) is 0 Å². The molecule has 0 spiro atoms. The molecule has 2 aliphatic rings. The number of carboxylic acid groups (broad SMARTS) is 1. The van der Waals surface area contributed by atoms with Crippen molar-refractivity contribution in [1.82, 2.24) is 9.97 Å². The molecule has 0 saturated heterocycles. The summed E-state index contributed by atoms with van der Waals surface area (Å²) in [6.07, 6.45) is 8.74. The van der Waals surface area contributed by atoms with E-state index in [0.717, 1.165) is 17.4 Å². The van der Waals surface area contributed by atoms with Crippen LogP contribution in [0.5, 0.6) is 0 Å². The Balaban J connectivity index is 1.63. The molecule has 0 radical (unpaired) electrons. The number of allylic oxidation sites excluding steroid dienone is 1. The molecular weight excluding hydrogens is 288 g/mol. The molecule has 4 rings (SSSR count). The number of hydrogen-bond donors (Lipinski definition) is 1. The van der Waals surface area contributed by atoms with Crippen LogP contribution in [0.2, 0.25) is 0 Å². The minimum atomic E-state index is -1.06. The third-order valence-corrected chi connectivity index (χ3v) is 5.11. The average molecular weight is 306 g/mol. The zero-order valence-corrected chi connectivity index (χ0v) is 13.0. The second kappa shape index (κ2) is 5.30. The van der Waals surface area contributed by atoms with Crippen molar-refractivity contribution in [2.24, 2.45) is 0 Å². The van der Waals surface area contributed by atoms with E-state index < -0.39 is 5.97 Å². The molecule has 4 nitrogen and oxygen atoms in total. The van der Waals surface area contributed by atoms with Crippen molar-refractivity contribution in [1.29, 1.82) is 0 Å². The number of nitrogens with zero attached hydrogens (tertiary/aromatic N) is 2. The van der Waals surface area contributed by atoms with E-state index >= 15 is 0 Å². The fraction of sp³-hybridized carbons (Fsp3) is 0.316. The van der Waals surface area contributed by atoms with Crippen molar-refractivity contribution in [3.63, 3.8) is 0 Å². The summed E-state index contributed by atoms with van der Waals surface area (Å²) in [5.74, 6) is 0.471. The maximum absolute atomic E-state index is 10.8. The second-order valence-electron chi connectivity index (χ2n) is 6.51. The van der Waals surface area contributed by atoms with E-state index in [1.165, 1.54) is 42.8 Å². The van der Waals surface area contributed by atoms with Gasteiger partial charge in [0.15, 0.2) is 5.69 Å². The summed E-state index contributed by atoms with van der Waals surface area (Å²) in [7, 11) is 0. The number of hydrogen-bond acceptors (Lipinski definition) is 3. The molecule has 116 valence electrons. The lowest BCUT2D eigenvalue weighted by Gasteiger charge is -2.16. The van der Waals surface area contributed by atoms with Crippen molar-refractivity contribution < 1.29 is 9.90 Å². The van der Waals surface area contributed by atoms with Crippen LogP contribution in [0, 0.1) is 0 Å². The highest BCUT2D eigenvalue weighted by Crippen LogP contribution is 2.53. The quantitative estimate of drug-likeness (QED) is 0.927. The molecule has 2 bridgehead atoms. The molecule has 2 aliphatic carbocycles. The zero-order valence-electron chi connectivity index (χ0n) is 13.0. The Labute approximate surface area is 134 Å². The summed E-state index contributed by atoms with van der Waals surface area (Å²) in [4.78, 5) is 18.9. The minimum absolute atomic E-state index is 0.0339. The van der Waals surface area contributed by atoms with Crippen molar-refractivity contribution in [3.05, 3.63) is 58.7 Å². The maximum atomic E-state index is 10.8. The first kappa shape index (κ1) is 14.1. The molecule has 0 amide bonds. The Bertz CT molecular complexity index is 809. The van der Waals surface area contributed by atoms with Gasteiger partial charge in [-0.25, -0.2) is 9.78 Å². The van der Waals surface area contributed by atoms with Crippen LogP contribution in [-0.2, 0) is 0 Å². The molecule has 1 aromatic carbocycles. The number of carboxylic acids is 1. The van der Waals surface area contributed by atoms with Gasteiger partial charge < -0.3 is 5.11 Å². The number of benzene rings is 1. The van der Waals surface area contributed by atoms with Gasteiger partial charge in [0, 0.05) is 0 Å². The van der Waals surface area contributed by atoms with Crippen molar-refractivity contribution in [2.45, 2.75) is 38.0 Å². The molecule has 0 aliphatic heterocycles. The summed E-state index contributed by atoms with van der Waals surface area (Å²) < 4.78 is 0. The van der Waals surface area contributed by atoms with Gasteiger partial charge >= 0.3 is 5.97 Å². The number of rotatable bonds is 3. The van der Waals surface area contributed by atoms with E-state index in [1.807, 2.05) is 6.08 Å². The number of aromatic nitrogens is 2. The number of carbonyl (C=O) groups is 1. The predicted octanol–water partition coefficient (Wildman–Crippen LogP) is 4.10. The summed E-state index contributed by atoms with van der Waals surface area (Å²) in [5.41, 5.74) is 6.04. The third kappa shape index (κ3) is 2.44. The fourth-order valence-corrected chi connectivity index (χ4v) is 3.92. The van der Waals surface area contributed by atoms with Crippen LogP contribution in [0.1, 0.15) is 70.9 Å². The summed E-state index contributed by atoms with van der Waals surface area (Å²) in [6.45, 7) is 2.06. The van der Waals surface area contributed by atoms with E-state index in [9.17, 15) is 4.79 Å². The first-order valence-corrected chi connectivity index (χ1v) is 7.99. The van der Waals surface area contributed by atoms with Crippen LogP contribution in [0.25, 0.3) is 11.6 Å². The van der Waals surface area contributed by atoms with Gasteiger partial charge in [0.05, 0.1) is 18.1 Å². The smallest absolute Gasteiger partial charge is 0.356 e. The van der Waals surface area contributed by atoms with Gasteiger partial charge in [-0.05, 0) is 66.4 Å². The zero-order chi connectivity index (χ0) is 16.0. The van der Waals surface area contributed by atoms with E-state index in [0.29, 0.717) is 5.69 Å². The topological polar surface area (TPSA) is 63.1 Å². The van der Waals surface area contributed by atoms with Crippen molar-refractivity contribution in [2.75, 3.05) is 0 Å². The highest BCUT2D eigenvalue weighted by atomic mass is 16.4. The molecule has 1 fully saturated rings. The molecule has 2 atom stereocenters. The van der Waals surface area contributed by atoms with Crippen molar-refractivity contribution in [3.8, 4) is 0 Å². The standard InChI is InChI=1S/C19H18N2O2/c1-11(6-15-9-21-18(10-20-15)19(22)23)12-4-5-16-13-2-3-14(7-13)17(16)8-12/h4-6,8-10,13-14H,2-3,7H2,1H3,(H,22,23)/b11-6+. The van der Waals surface area contributed by atoms with E-state index in [2.05, 4.69) is 35.1 Å². The Morgan fingerprint density at radius 1 is 1.17 bits per heavy atom. The van der Waals surface area contributed by atoms with E-state index in [-0.39, 0.29) is 5.69 Å². The lowest BCUT2D eigenvalue weighted by atomic mass is 9.89. The largest absolute Gasteiger partial charge is 0.476 e. The first-order chi connectivity index (χ1) is 11.1. The highest BCUT2D eigenvalue weighted by Gasteiger charge is 2.36. The molecule has 1 heterocycles. The van der Waals surface area contributed by atoms with E-state index in [1.54, 1.807) is 5.56 Å². The number of fused-ring (bicyclic) bond motifs is 5. The summed E-state index contributed by atoms with van der Waals surface area (Å²) in [6, 6.07) is 6.79. The van der Waals surface area contributed by atoms with Gasteiger partial charge in [0.1, 0.15) is 0 Å². The van der Waals surface area contributed by atoms with Gasteiger partial charge in [-0.3, -0.25) is 4.98 Å². The maximum Gasteiger partial charge on any atom is 0.356 e. The average Bonchev–Trinajstić information content (AvgIpc) is 3.17. The van der Waals surface area contributed by atoms with Gasteiger partial charge in [0.2, 0.25) is 0 Å². The molecule has 1 N–H and O–H groups in total. The molecule has 23 heavy (non-hydrogen) atoms. The normalized spacial score (nSPS) is 22.2. The van der Waals surface area contributed by atoms with Crippen LogP contribution >= 0.6 is 0 Å². The minimum Gasteiger partial charge on any atom is -0.476 e. The highest BCUT2D eigenvalue weighted by molar-refractivity contribution is 5.85. The molecule has 2 aromatic rings. The first-order valence-electron chi connectivity index (χ1n) is 7.99. The van der Waals surface area contributed by atoms with Crippen molar-refractivity contribution >= 4 is 17.6 Å². The monoisotopic (exact) mass is 306 g/mol.